The number of aromatic nitrogens is 3. The Morgan fingerprint density at radius 3 is 2.84 bits per heavy atom. The summed E-state index contributed by atoms with van der Waals surface area (Å²) < 4.78 is 5.48. The highest BCUT2D eigenvalue weighted by Gasteiger charge is 2.23. The van der Waals surface area contributed by atoms with Crippen molar-refractivity contribution in [2.75, 3.05) is 0 Å². The standard InChI is InChI=1S/C25H30N4O2/c1-5-6-7-8-9-12-19-17-27-23(28-19)22(29-24(30)31-25(2,3)4)15-18-16-26-21-14-11-10-13-20(18)21/h5-11,13-14,16-17,22,26H,1,12,15H2,2-4H3,(H,27,28)(H,29,30)/b7-6-,9-8-/t22-/m1/s1. The Morgan fingerprint density at radius 1 is 1.26 bits per heavy atom. The molecule has 0 bridgehead atoms. The first-order valence-corrected chi connectivity index (χ1v) is 10.4. The van der Waals surface area contributed by atoms with Crippen molar-refractivity contribution >= 4 is 17.0 Å². The molecular weight excluding hydrogens is 388 g/mol. The molecule has 0 spiro atoms. The number of para-hydroxylation sites is 1. The molecule has 2 aromatic heterocycles. The van der Waals surface area contributed by atoms with E-state index >= 15 is 0 Å². The second kappa shape index (κ2) is 9.98. The third kappa shape index (κ3) is 6.47. The zero-order valence-corrected chi connectivity index (χ0v) is 18.3. The Bertz CT molecular complexity index is 1080. The maximum Gasteiger partial charge on any atom is 0.408 e. The van der Waals surface area contributed by atoms with Gasteiger partial charge >= 0.3 is 6.09 Å². The van der Waals surface area contributed by atoms with E-state index in [1.807, 2.05) is 69.5 Å². The van der Waals surface area contributed by atoms with Gasteiger partial charge in [0.25, 0.3) is 0 Å². The highest BCUT2D eigenvalue weighted by Crippen LogP contribution is 2.24. The number of allylic oxidation sites excluding steroid dienone is 5. The Balaban J connectivity index is 1.80. The third-order valence-electron chi connectivity index (χ3n) is 4.60. The van der Waals surface area contributed by atoms with Crippen molar-refractivity contribution in [3.63, 3.8) is 0 Å². The van der Waals surface area contributed by atoms with Gasteiger partial charge in [-0.1, -0.05) is 55.2 Å². The van der Waals surface area contributed by atoms with E-state index in [0.29, 0.717) is 18.7 Å². The number of carbonyl (C=O) groups excluding carboxylic acids is 1. The van der Waals surface area contributed by atoms with Crippen LogP contribution in [-0.4, -0.2) is 26.6 Å². The summed E-state index contributed by atoms with van der Waals surface area (Å²) in [6, 6.07) is 7.75. The van der Waals surface area contributed by atoms with Crippen LogP contribution < -0.4 is 5.32 Å². The van der Waals surface area contributed by atoms with E-state index in [4.69, 9.17) is 4.74 Å². The van der Waals surface area contributed by atoms with Crippen molar-refractivity contribution < 1.29 is 9.53 Å². The fourth-order valence-corrected chi connectivity index (χ4v) is 3.26. The zero-order valence-electron chi connectivity index (χ0n) is 18.3. The van der Waals surface area contributed by atoms with Gasteiger partial charge in [0.2, 0.25) is 0 Å². The molecule has 31 heavy (non-hydrogen) atoms. The average molecular weight is 419 g/mol. The number of imidazole rings is 1. The number of hydrogen-bond acceptors (Lipinski definition) is 3. The fraction of sp³-hybridized carbons (Fsp3) is 0.280. The number of hydrogen-bond donors (Lipinski definition) is 3. The minimum absolute atomic E-state index is 0.354. The number of H-pyrrole nitrogens is 2. The normalized spacial score (nSPS) is 13.1. The summed E-state index contributed by atoms with van der Waals surface area (Å²) in [4.78, 5) is 23.7. The van der Waals surface area contributed by atoms with Crippen LogP contribution in [-0.2, 0) is 17.6 Å². The fourth-order valence-electron chi connectivity index (χ4n) is 3.26. The van der Waals surface area contributed by atoms with Gasteiger partial charge in [0.05, 0.1) is 6.04 Å². The predicted molar refractivity (Wildman–Crippen MR) is 125 cm³/mol. The molecule has 0 fully saturated rings. The number of aromatic amines is 2. The summed E-state index contributed by atoms with van der Waals surface area (Å²) in [5.74, 6) is 0.696. The Labute approximate surface area is 183 Å². The van der Waals surface area contributed by atoms with Gasteiger partial charge in [-0.2, -0.15) is 0 Å². The molecule has 3 N–H and O–H groups in total. The van der Waals surface area contributed by atoms with Crippen LogP contribution in [0, 0.1) is 0 Å². The van der Waals surface area contributed by atoms with Crippen molar-refractivity contribution in [1.82, 2.24) is 20.3 Å². The molecule has 0 radical (unpaired) electrons. The summed E-state index contributed by atoms with van der Waals surface area (Å²) >= 11 is 0. The number of fused-ring (bicyclic) bond motifs is 1. The monoisotopic (exact) mass is 418 g/mol. The molecule has 0 saturated heterocycles. The molecular formula is C25H30N4O2. The summed E-state index contributed by atoms with van der Waals surface area (Å²) in [6.45, 7) is 9.19. The molecule has 0 aliphatic heterocycles. The second-order valence-corrected chi connectivity index (χ2v) is 8.31. The van der Waals surface area contributed by atoms with Crippen LogP contribution in [0.4, 0.5) is 4.79 Å². The van der Waals surface area contributed by atoms with Gasteiger partial charge in [0.1, 0.15) is 11.4 Å². The van der Waals surface area contributed by atoms with Crippen molar-refractivity contribution in [2.24, 2.45) is 0 Å². The number of rotatable bonds is 8. The quantitative estimate of drug-likeness (QED) is 0.420. The third-order valence-corrected chi connectivity index (χ3v) is 4.60. The van der Waals surface area contributed by atoms with Crippen LogP contribution in [0.5, 0.6) is 0 Å². The SMILES string of the molecule is C=C/C=C\C=C/Cc1cnc([C@@H](Cc2c[nH]c3ccccc23)NC(=O)OC(C)(C)C)[nH]1. The lowest BCUT2D eigenvalue weighted by atomic mass is 10.0. The topological polar surface area (TPSA) is 82.8 Å². The predicted octanol–water partition coefficient (Wildman–Crippen LogP) is 5.54. The molecule has 0 aliphatic rings. The number of nitrogens with one attached hydrogen (secondary N) is 3. The average Bonchev–Trinajstić information content (AvgIpc) is 3.33. The molecule has 6 heteroatoms. The molecule has 0 aliphatic carbocycles. The Kier molecular flexibility index (Phi) is 7.13. The second-order valence-electron chi connectivity index (χ2n) is 8.31. The van der Waals surface area contributed by atoms with Gasteiger partial charge in [-0.15, -0.1) is 0 Å². The maximum absolute atomic E-state index is 12.5. The van der Waals surface area contributed by atoms with Gasteiger partial charge in [0, 0.05) is 41.8 Å². The van der Waals surface area contributed by atoms with Crippen LogP contribution in [0.1, 0.15) is 43.9 Å². The lowest BCUT2D eigenvalue weighted by Gasteiger charge is -2.23. The lowest BCUT2D eigenvalue weighted by Crippen LogP contribution is -2.36. The van der Waals surface area contributed by atoms with Crippen LogP contribution in [0.2, 0.25) is 0 Å². The highest BCUT2D eigenvalue weighted by molar-refractivity contribution is 5.83. The molecule has 3 rings (SSSR count). The summed E-state index contributed by atoms with van der Waals surface area (Å²) in [6.07, 6.45) is 14.1. The first-order valence-electron chi connectivity index (χ1n) is 10.4. The van der Waals surface area contributed by atoms with Crippen molar-refractivity contribution in [2.45, 2.75) is 45.3 Å². The van der Waals surface area contributed by atoms with E-state index in [1.54, 1.807) is 12.3 Å². The lowest BCUT2D eigenvalue weighted by molar-refractivity contribution is 0.0501. The van der Waals surface area contributed by atoms with Crippen LogP contribution >= 0.6 is 0 Å². The Morgan fingerprint density at radius 2 is 2.06 bits per heavy atom. The maximum atomic E-state index is 12.5. The van der Waals surface area contributed by atoms with Gasteiger partial charge in [0.15, 0.2) is 0 Å². The molecule has 6 nitrogen and oxygen atoms in total. The van der Waals surface area contributed by atoms with E-state index < -0.39 is 11.7 Å². The van der Waals surface area contributed by atoms with E-state index in [2.05, 4.69) is 32.9 Å². The molecule has 0 unspecified atom stereocenters. The van der Waals surface area contributed by atoms with Crippen LogP contribution in [0.3, 0.4) is 0 Å². The number of carbonyl (C=O) groups is 1. The minimum atomic E-state index is -0.576. The smallest absolute Gasteiger partial charge is 0.408 e. The van der Waals surface area contributed by atoms with E-state index in [1.165, 1.54) is 0 Å². The summed E-state index contributed by atoms with van der Waals surface area (Å²) in [7, 11) is 0. The minimum Gasteiger partial charge on any atom is -0.444 e. The number of amides is 1. The first kappa shape index (κ1) is 22.2. The molecule has 0 saturated carbocycles. The molecule has 162 valence electrons. The van der Waals surface area contributed by atoms with Gasteiger partial charge in [-0.05, 0) is 32.4 Å². The largest absolute Gasteiger partial charge is 0.444 e. The van der Waals surface area contributed by atoms with Gasteiger partial charge in [-0.3, -0.25) is 0 Å². The number of alkyl carbamates (subject to hydrolysis) is 1. The molecule has 1 atom stereocenters. The van der Waals surface area contributed by atoms with Gasteiger partial charge in [-0.25, -0.2) is 9.78 Å². The van der Waals surface area contributed by atoms with Crippen molar-refractivity contribution in [3.8, 4) is 0 Å². The first-order chi connectivity index (χ1) is 14.9. The molecule has 1 aromatic carbocycles. The zero-order chi connectivity index (χ0) is 22.3. The van der Waals surface area contributed by atoms with E-state index in [9.17, 15) is 4.79 Å². The van der Waals surface area contributed by atoms with Crippen LogP contribution in [0.25, 0.3) is 10.9 Å². The molecule has 1 amide bonds. The number of ether oxygens (including phenoxy) is 1. The van der Waals surface area contributed by atoms with Crippen LogP contribution in [0.15, 0.2) is 73.6 Å². The highest BCUT2D eigenvalue weighted by atomic mass is 16.6. The van der Waals surface area contributed by atoms with Gasteiger partial charge < -0.3 is 20.0 Å². The van der Waals surface area contributed by atoms with Crippen molar-refractivity contribution in [1.29, 1.82) is 0 Å². The molecule has 3 aromatic rings. The van der Waals surface area contributed by atoms with E-state index in [-0.39, 0.29) is 6.04 Å². The number of nitrogens with zero attached hydrogens (tertiary/aromatic N) is 1. The summed E-state index contributed by atoms with van der Waals surface area (Å²) in [5, 5.41) is 4.11. The number of benzene rings is 1. The van der Waals surface area contributed by atoms with Crippen molar-refractivity contribution in [3.05, 3.63) is 90.7 Å². The molecule has 2 heterocycles. The summed E-state index contributed by atoms with van der Waals surface area (Å²) in [5.41, 5.74) is 2.55. The Hall–Kier alpha value is -3.54. The van der Waals surface area contributed by atoms with E-state index in [0.717, 1.165) is 22.2 Å².